The maximum Gasteiger partial charge on any atom is 0.227 e. The van der Waals surface area contributed by atoms with Gasteiger partial charge in [0.2, 0.25) is 11.6 Å². The van der Waals surface area contributed by atoms with Crippen LogP contribution in [0.2, 0.25) is 0 Å². The van der Waals surface area contributed by atoms with E-state index >= 15 is 0 Å². The third kappa shape index (κ3) is 1.71. The largest absolute Gasteiger partial charge is 0.396 e. The minimum absolute atomic E-state index is 0.0518. The van der Waals surface area contributed by atoms with Crippen molar-refractivity contribution in [1.29, 1.82) is 0 Å². The molecule has 0 aromatic heterocycles. The zero-order valence-electron chi connectivity index (χ0n) is 8.01. The molecule has 2 aliphatic rings. The summed E-state index contributed by atoms with van der Waals surface area (Å²) in [7, 11) is 0. The van der Waals surface area contributed by atoms with Gasteiger partial charge in [0, 0.05) is 18.6 Å². The molecule has 0 aromatic rings. The Morgan fingerprint density at radius 1 is 1.33 bits per heavy atom. The zero-order chi connectivity index (χ0) is 11.0. The number of hydroxylamine groups is 2. The number of piperidine rings is 1. The Balaban J connectivity index is 2.31. The smallest absolute Gasteiger partial charge is 0.227 e. The minimum atomic E-state index is -0.616. The molecule has 5 heteroatoms. The van der Waals surface area contributed by atoms with Crippen LogP contribution in [0, 0.1) is 5.92 Å². The molecule has 0 amide bonds. The molecule has 0 spiro atoms. The molecule has 0 aromatic carbocycles. The van der Waals surface area contributed by atoms with Crippen molar-refractivity contribution < 1.29 is 19.9 Å². The van der Waals surface area contributed by atoms with Crippen molar-refractivity contribution in [2.75, 3.05) is 13.2 Å². The molecular weight excluding hydrogens is 198 g/mol. The fourth-order valence-electron chi connectivity index (χ4n) is 1.84. The first kappa shape index (κ1) is 10.1. The summed E-state index contributed by atoms with van der Waals surface area (Å²) in [6.07, 6.45) is 2.90. The van der Waals surface area contributed by atoms with Crippen LogP contribution in [0.1, 0.15) is 6.42 Å². The number of hydrogen-bond donors (Lipinski definition) is 2. The molecule has 0 saturated carbocycles. The van der Waals surface area contributed by atoms with Gasteiger partial charge >= 0.3 is 0 Å². The maximum absolute atomic E-state index is 11.1. The number of aliphatic hydroxyl groups is 1. The molecular formula is C10H11NO4. The Bertz CT molecular complexity index is 383. The summed E-state index contributed by atoms with van der Waals surface area (Å²) in [5.41, 5.74) is 0.997. The van der Waals surface area contributed by atoms with Crippen LogP contribution in [0.25, 0.3) is 0 Å². The van der Waals surface area contributed by atoms with Gasteiger partial charge in [-0.1, -0.05) is 0 Å². The predicted octanol–water partition coefficient (Wildman–Crippen LogP) is -0.348. The molecule has 5 nitrogen and oxygen atoms in total. The lowest BCUT2D eigenvalue weighted by atomic mass is 9.88. The first-order chi connectivity index (χ1) is 7.11. The molecule has 80 valence electrons. The van der Waals surface area contributed by atoms with Gasteiger partial charge in [0.1, 0.15) is 0 Å². The normalized spacial score (nSPS) is 26.0. The van der Waals surface area contributed by atoms with Gasteiger partial charge in [0.25, 0.3) is 0 Å². The summed E-state index contributed by atoms with van der Waals surface area (Å²) in [5.74, 6) is -1.28. The van der Waals surface area contributed by atoms with Crippen molar-refractivity contribution in [3.63, 3.8) is 0 Å². The summed E-state index contributed by atoms with van der Waals surface area (Å²) in [5, 5.41) is 19.5. The van der Waals surface area contributed by atoms with Crippen LogP contribution in [0.15, 0.2) is 23.4 Å². The molecule has 1 fully saturated rings. The minimum Gasteiger partial charge on any atom is -0.396 e. The summed E-state index contributed by atoms with van der Waals surface area (Å²) in [6, 6.07) is 0. The monoisotopic (exact) mass is 209 g/mol. The number of carbonyl (C=O) groups excluding carboxylic acids is 2. The number of rotatable bonds is 1. The molecule has 0 bridgehead atoms. The van der Waals surface area contributed by atoms with Gasteiger partial charge in [-0.05, 0) is 18.1 Å². The number of carbonyl (C=O) groups is 2. The van der Waals surface area contributed by atoms with Gasteiger partial charge in [-0.2, -0.15) is 0 Å². The van der Waals surface area contributed by atoms with E-state index in [4.69, 9.17) is 5.11 Å². The molecule has 15 heavy (non-hydrogen) atoms. The quantitative estimate of drug-likeness (QED) is 0.456. The summed E-state index contributed by atoms with van der Waals surface area (Å²) < 4.78 is 0. The molecule has 1 aliphatic carbocycles. The van der Waals surface area contributed by atoms with E-state index in [1.165, 1.54) is 6.08 Å². The Hall–Kier alpha value is -1.46. The van der Waals surface area contributed by atoms with Crippen LogP contribution in [0.5, 0.6) is 0 Å². The average molecular weight is 209 g/mol. The van der Waals surface area contributed by atoms with Crippen LogP contribution in [0.4, 0.5) is 0 Å². The van der Waals surface area contributed by atoms with Gasteiger partial charge in [-0.3, -0.25) is 19.9 Å². The van der Waals surface area contributed by atoms with Crippen LogP contribution < -0.4 is 0 Å². The average Bonchev–Trinajstić information content (AvgIpc) is 2.21. The number of aliphatic hydroxyl groups excluding tert-OH is 1. The Morgan fingerprint density at radius 3 is 2.67 bits per heavy atom. The zero-order valence-corrected chi connectivity index (χ0v) is 8.01. The number of fused-ring (bicyclic) bond motifs is 1. The second-order valence-corrected chi connectivity index (χ2v) is 3.76. The molecule has 0 unspecified atom stereocenters. The standard InChI is InChI=1S/C10H11NO4/c12-5-6-1-7-2-9(13)10(14)3-8(7)11(15)4-6/h2-3,6,12,15H,1,4-5H2/t6-/m1/s1. The molecule has 1 saturated heterocycles. The Kier molecular flexibility index (Phi) is 2.42. The van der Waals surface area contributed by atoms with Gasteiger partial charge in [-0.25, -0.2) is 0 Å². The highest BCUT2D eigenvalue weighted by Crippen LogP contribution is 2.30. The van der Waals surface area contributed by atoms with E-state index in [1.54, 1.807) is 0 Å². The van der Waals surface area contributed by atoms with Gasteiger partial charge in [0.15, 0.2) is 0 Å². The van der Waals surface area contributed by atoms with Crippen LogP contribution in [-0.2, 0) is 9.59 Å². The van der Waals surface area contributed by atoms with Crippen molar-refractivity contribution in [2.24, 2.45) is 5.92 Å². The van der Waals surface area contributed by atoms with Crippen molar-refractivity contribution in [3.05, 3.63) is 23.4 Å². The van der Waals surface area contributed by atoms with Crippen LogP contribution in [0.3, 0.4) is 0 Å². The van der Waals surface area contributed by atoms with Crippen molar-refractivity contribution in [3.8, 4) is 0 Å². The molecule has 2 N–H and O–H groups in total. The van der Waals surface area contributed by atoms with Crippen LogP contribution in [-0.4, -0.2) is 40.1 Å². The highest BCUT2D eigenvalue weighted by atomic mass is 16.5. The molecule has 1 aliphatic heterocycles. The number of ketones is 2. The SMILES string of the molecule is O=C1C=C2C[C@@H](CO)CN(O)C2=CC1=O. The van der Waals surface area contributed by atoms with Gasteiger partial charge in [0.05, 0.1) is 12.2 Å². The van der Waals surface area contributed by atoms with E-state index in [2.05, 4.69) is 0 Å². The van der Waals surface area contributed by atoms with E-state index in [9.17, 15) is 14.8 Å². The molecule has 1 atom stereocenters. The van der Waals surface area contributed by atoms with E-state index in [0.717, 1.165) is 11.1 Å². The van der Waals surface area contributed by atoms with E-state index in [-0.39, 0.29) is 19.1 Å². The third-order valence-corrected chi connectivity index (χ3v) is 2.62. The summed E-state index contributed by atoms with van der Waals surface area (Å²) >= 11 is 0. The Labute approximate surface area is 86.3 Å². The third-order valence-electron chi connectivity index (χ3n) is 2.62. The second-order valence-electron chi connectivity index (χ2n) is 3.76. The van der Waals surface area contributed by atoms with E-state index in [1.807, 2.05) is 0 Å². The topological polar surface area (TPSA) is 77.8 Å². The predicted molar refractivity (Wildman–Crippen MR) is 49.9 cm³/mol. The number of allylic oxidation sites excluding steroid dienone is 3. The molecule has 1 heterocycles. The first-order valence-corrected chi connectivity index (χ1v) is 4.70. The van der Waals surface area contributed by atoms with E-state index < -0.39 is 11.6 Å². The highest BCUT2D eigenvalue weighted by molar-refractivity contribution is 6.46. The lowest BCUT2D eigenvalue weighted by Crippen LogP contribution is -2.36. The number of hydrogen-bond acceptors (Lipinski definition) is 5. The van der Waals surface area contributed by atoms with Crippen molar-refractivity contribution >= 4 is 11.6 Å². The summed E-state index contributed by atoms with van der Waals surface area (Å²) in [6.45, 7) is 0.227. The maximum atomic E-state index is 11.1. The van der Waals surface area contributed by atoms with Gasteiger partial charge in [-0.15, -0.1) is 0 Å². The highest BCUT2D eigenvalue weighted by Gasteiger charge is 2.30. The fraction of sp³-hybridized carbons (Fsp3) is 0.400. The first-order valence-electron chi connectivity index (χ1n) is 4.70. The van der Waals surface area contributed by atoms with Crippen molar-refractivity contribution in [2.45, 2.75) is 6.42 Å². The second kappa shape index (κ2) is 3.60. The molecule has 2 rings (SSSR count). The number of nitrogens with zero attached hydrogens (tertiary/aromatic N) is 1. The fourth-order valence-corrected chi connectivity index (χ4v) is 1.84. The van der Waals surface area contributed by atoms with Gasteiger partial charge < -0.3 is 5.11 Å². The molecule has 0 radical (unpaired) electrons. The Morgan fingerprint density at radius 2 is 2.00 bits per heavy atom. The summed E-state index contributed by atoms with van der Waals surface area (Å²) in [4.78, 5) is 22.2. The lowest BCUT2D eigenvalue weighted by molar-refractivity contribution is -0.132. The van der Waals surface area contributed by atoms with E-state index in [0.29, 0.717) is 17.7 Å². The lowest BCUT2D eigenvalue weighted by Gasteiger charge is -2.33. The van der Waals surface area contributed by atoms with Crippen molar-refractivity contribution in [1.82, 2.24) is 5.06 Å². The van der Waals surface area contributed by atoms with Crippen LogP contribution >= 0.6 is 0 Å².